The van der Waals surface area contributed by atoms with Gasteiger partial charge >= 0.3 is 0 Å². The maximum absolute atomic E-state index is 6.03. The lowest BCUT2D eigenvalue weighted by molar-refractivity contribution is 0.278. The Morgan fingerprint density at radius 1 is 0.605 bits per heavy atom. The summed E-state index contributed by atoms with van der Waals surface area (Å²) >= 11 is 0. The lowest BCUT2D eigenvalue weighted by Gasteiger charge is -2.27. The average molecular weight is 519 g/mol. The summed E-state index contributed by atoms with van der Waals surface area (Å²) in [4.78, 5) is 17.6. The van der Waals surface area contributed by atoms with Gasteiger partial charge in [-0.3, -0.25) is 30.6 Å². The Bertz CT molecular complexity index is 994. The number of benzene rings is 2. The van der Waals surface area contributed by atoms with Crippen molar-refractivity contribution in [2.75, 3.05) is 26.2 Å². The molecule has 1 saturated carbocycles. The fraction of sp³-hybridized carbons (Fsp3) is 0.429. The molecule has 0 aliphatic heterocycles. The monoisotopic (exact) mass is 518 g/mol. The van der Waals surface area contributed by atoms with Gasteiger partial charge < -0.3 is 22.9 Å². The summed E-state index contributed by atoms with van der Waals surface area (Å²) < 4.78 is 0. The van der Waals surface area contributed by atoms with E-state index in [0.717, 1.165) is 38.5 Å². The van der Waals surface area contributed by atoms with Crippen LogP contribution in [0.2, 0.25) is 0 Å². The van der Waals surface area contributed by atoms with Crippen LogP contribution in [0.5, 0.6) is 0 Å². The highest BCUT2D eigenvalue weighted by atomic mass is 15.2. The minimum atomic E-state index is 0.281. The molecule has 204 valence electrons. The first-order valence-electron chi connectivity index (χ1n) is 13.3. The molecule has 10 nitrogen and oxygen atoms in total. The first-order valence-corrected chi connectivity index (χ1v) is 13.3. The molecule has 2 aromatic rings. The molecule has 2 atom stereocenters. The predicted octanol–water partition coefficient (Wildman–Crippen LogP) is 1.72. The van der Waals surface area contributed by atoms with Gasteiger partial charge in [0.2, 0.25) is 0 Å². The number of nitrogens with two attached hydrogens (primary N) is 4. The molecule has 3 rings (SSSR count). The van der Waals surface area contributed by atoms with Crippen molar-refractivity contribution in [3.05, 3.63) is 71.8 Å². The van der Waals surface area contributed by atoms with Gasteiger partial charge in [-0.1, -0.05) is 67.1 Å². The van der Waals surface area contributed by atoms with E-state index >= 15 is 0 Å². The zero-order chi connectivity index (χ0) is 27.0. The zero-order valence-corrected chi connectivity index (χ0v) is 22.1. The van der Waals surface area contributed by atoms with Crippen molar-refractivity contribution in [1.82, 2.24) is 10.6 Å². The molecule has 0 radical (unpaired) electrons. The summed E-state index contributed by atoms with van der Waals surface area (Å²) in [5.74, 6) is 2.04. The second-order valence-corrected chi connectivity index (χ2v) is 9.61. The highest BCUT2D eigenvalue weighted by molar-refractivity contribution is 5.97. The molecular weight excluding hydrogens is 476 g/mol. The van der Waals surface area contributed by atoms with Gasteiger partial charge in [0.1, 0.15) is 0 Å². The van der Waals surface area contributed by atoms with E-state index in [1.165, 1.54) is 11.1 Å². The molecule has 0 heterocycles. The summed E-state index contributed by atoms with van der Waals surface area (Å²) in [5.41, 5.74) is 26.4. The van der Waals surface area contributed by atoms with Crippen LogP contribution in [0.3, 0.4) is 0 Å². The van der Waals surface area contributed by atoms with Gasteiger partial charge in [-0.15, -0.1) is 0 Å². The van der Waals surface area contributed by atoms with Gasteiger partial charge in [-0.25, -0.2) is 0 Å². The quantitative estimate of drug-likeness (QED) is 0.206. The fourth-order valence-electron chi connectivity index (χ4n) is 4.51. The van der Waals surface area contributed by atoms with Crippen LogP contribution in [0.15, 0.2) is 80.6 Å². The lowest BCUT2D eigenvalue weighted by Crippen LogP contribution is -2.42. The maximum atomic E-state index is 6.03. The molecular formula is C28H42N10. The van der Waals surface area contributed by atoms with Crippen LogP contribution in [0.4, 0.5) is 0 Å². The van der Waals surface area contributed by atoms with Gasteiger partial charge in [0.15, 0.2) is 23.8 Å². The number of aliphatic imine (C=N–C) groups is 4. The van der Waals surface area contributed by atoms with Crippen LogP contribution in [0.25, 0.3) is 0 Å². The highest BCUT2D eigenvalue weighted by Crippen LogP contribution is 2.29. The number of guanidine groups is 4. The van der Waals surface area contributed by atoms with E-state index in [2.05, 4.69) is 54.9 Å². The molecule has 1 fully saturated rings. The summed E-state index contributed by atoms with van der Waals surface area (Å²) in [6, 6.07) is 20.3. The van der Waals surface area contributed by atoms with E-state index in [4.69, 9.17) is 22.9 Å². The van der Waals surface area contributed by atoms with Crippen molar-refractivity contribution in [3.8, 4) is 0 Å². The Morgan fingerprint density at radius 2 is 1.00 bits per heavy atom. The van der Waals surface area contributed by atoms with Crippen LogP contribution in [0.1, 0.15) is 36.8 Å². The topological polar surface area (TPSA) is 178 Å². The van der Waals surface area contributed by atoms with E-state index in [-0.39, 0.29) is 11.9 Å². The Morgan fingerprint density at radius 3 is 1.42 bits per heavy atom. The normalized spacial score (nSPS) is 19.3. The van der Waals surface area contributed by atoms with E-state index in [9.17, 15) is 0 Å². The van der Waals surface area contributed by atoms with E-state index in [1.54, 1.807) is 0 Å². The average Bonchev–Trinajstić information content (AvgIpc) is 2.92. The molecule has 0 aromatic heterocycles. The third-order valence-electron chi connectivity index (χ3n) is 6.49. The van der Waals surface area contributed by atoms with Crippen molar-refractivity contribution in [1.29, 1.82) is 0 Å². The van der Waals surface area contributed by atoms with Gasteiger partial charge in [0.05, 0.1) is 0 Å². The van der Waals surface area contributed by atoms with Crippen LogP contribution in [-0.2, 0) is 12.8 Å². The molecule has 0 saturated heterocycles. The van der Waals surface area contributed by atoms with Crippen molar-refractivity contribution >= 4 is 23.8 Å². The van der Waals surface area contributed by atoms with Crippen LogP contribution in [0, 0.1) is 11.8 Å². The van der Waals surface area contributed by atoms with Gasteiger partial charge in [-0.05, 0) is 55.1 Å². The molecule has 10 heteroatoms. The Hall–Kier alpha value is -4.08. The Kier molecular flexibility index (Phi) is 11.9. The van der Waals surface area contributed by atoms with Gasteiger partial charge in [0, 0.05) is 26.2 Å². The van der Waals surface area contributed by atoms with Gasteiger partial charge in [0.25, 0.3) is 0 Å². The zero-order valence-electron chi connectivity index (χ0n) is 22.1. The summed E-state index contributed by atoms with van der Waals surface area (Å²) in [6.07, 6.45) is 6.03. The summed E-state index contributed by atoms with van der Waals surface area (Å²) in [7, 11) is 0. The number of hydrogen-bond donors (Lipinski definition) is 6. The van der Waals surface area contributed by atoms with Crippen molar-refractivity contribution in [2.45, 2.75) is 38.5 Å². The molecule has 0 bridgehead atoms. The van der Waals surface area contributed by atoms with Crippen molar-refractivity contribution in [2.24, 2.45) is 54.7 Å². The molecule has 2 unspecified atom stereocenters. The number of nitrogens with one attached hydrogen (secondary N) is 2. The van der Waals surface area contributed by atoms with Crippen LogP contribution in [-0.4, -0.2) is 50.0 Å². The van der Waals surface area contributed by atoms with E-state index < -0.39 is 0 Å². The van der Waals surface area contributed by atoms with Crippen LogP contribution < -0.4 is 33.6 Å². The minimum absolute atomic E-state index is 0.281. The predicted molar refractivity (Wildman–Crippen MR) is 158 cm³/mol. The SMILES string of the molecule is NC(=NCCc1ccccc1)NC(N)=NCC1CCCC(CN=C(N)NC(N)=NCCc2ccccc2)C1. The highest BCUT2D eigenvalue weighted by Gasteiger charge is 2.21. The molecule has 0 spiro atoms. The first kappa shape index (κ1) is 28.5. The molecule has 0 amide bonds. The van der Waals surface area contributed by atoms with Crippen molar-refractivity contribution in [3.63, 3.8) is 0 Å². The third kappa shape index (κ3) is 11.3. The lowest BCUT2D eigenvalue weighted by atomic mass is 9.81. The summed E-state index contributed by atoms with van der Waals surface area (Å²) in [6.45, 7) is 2.46. The number of rotatable bonds is 10. The molecule has 38 heavy (non-hydrogen) atoms. The Balaban J connectivity index is 1.35. The smallest absolute Gasteiger partial charge is 0.195 e. The maximum Gasteiger partial charge on any atom is 0.195 e. The van der Waals surface area contributed by atoms with Crippen LogP contribution >= 0.6 is 0 Å². The number of nitrogens with zero attached hydrogens (tertiary/aromatic N) is 4. The van der Waals surface area contributed by atoms with E-state index in [1.807, 2.05) is 36.4 Å². The molecule has 2 aromatic carbocycles. The molecule has 1 aliphatic rings. The third-order valence-corrected chi connectivity index (χ3v) is 6.49. The molecule has 10 N–H and O–H groups in total. The second-order valence-electron chi connectivity index (χ2n) is 9.61. The van der Waals surface area contributed by atoms with Crippen molar-refractivity contribution < 1.29 is 0 Å². The molecule has 1 aliphatic carbocycles. The van der Waals surface area contributed by atoms with E-state index in [0.29, 0.717) is 49.9 Å². The Labute approximate surface area is 225 Å². The summed E-state index contributed by atoms with van der Waals surface area (Å²) in [5, 5.41) is 5.77. The van der Waals surface area contributed by atoms with Gasteiger partial charge in [-0.2, -0.15) is 0 Å². The largest absolute Gasteiger partial charge is 0.370 e. The first-order chi connectivity index (χ1) is 18.5. The standard InChI is InChI=1S/C28H42N10/c29-25(33-16-14-21-8-3-1-4-9-21)37-27(31)35-19-23-12-7-13-24(18-23)20-36-28(32)38-26(30)34-17-15-22-10-5-2-6-11-22/h1-6,8-11,23-24H,7,12-20H2,(H5,29,31,33,35,37)(H5,30,32,34,36,38). The fourth-order valence-corrected chi connectivity index (χ4v) is 4.51. The second kappa shape index (κ2) is 15.9. The minimum Gasteiger partial charge on any atom is -0.370 e. The number of hydrogen-bond acceptors (Lipinski definition) is 4.